The summed E-state index contributed by atoms with van der Waals surface area (Å²) in [4.78, 5) is 22.7. The molecule has 1 aliphatic rings. The fourth-order valence-corrected chi connectivity index (χ4v) is 4.93. The highest BCUT2D eigenvalue weighted by atomic mass is 32.1. The Kier molecular flexibility index (Phi) is 6.04. The molecule has 0 radical (unpaired) electrons. The third-order valence-corrected chi connectivity index (χ3v) is 6.72. The van der Waals surface area contributed by atoms with Crippen LogP contribution in [0.2, 0.25) is 0 Å². The van der Waals surface area contributed by atoms with Crippen LogP contribution in [0.3, 0.4) is 0 Å². The summed E-state index contributed by atoms with van der Waals surface area (Å²) in [5.41, 5.74) is 3.20. The Bertz CT molecular complexity index is 917. The van der Waals surface area contributed by atoms with Crippen molar-refractivity contribution in [3.05, 3.63) is 58.4 Å². The Hall–Kier alpha value is -2.22. The minimum atomic E-state index is 0.0832. The molecular formula is C21H23N3O2S2. The van der Waals surface area contributed by atoms with Crippen molar-refractivity contribution < 1.29 is 9.53 Å². The first kappa shape index (κ1) is 19.1. The van der Waals surface area contributed by atoms with E-state index in [1.807, 2.05) is 29.9 Å². The largest absolute Gasteiger partial charge is 0.378 e. The van der Waals surface area contributed by atoms with Crippen molar-refractivity contribution in [1.29, 1.82) is 0 Å². The highest BCUT2D eigenvalue weighted by Gasteiger charge is 2.18. The van der Waals surface area contributed by atoms with E-state index in [1.54, 1.807) is 27.6 Å². The lowest BCUT2D eigenvalue weighted by Gasteiger charge is -2.31. The summed E-state index contributed by atoms with van der Waals surface area (Å²) >= 11 is 3.27. The first-order chi connectivity index (χ1) is 13.7. The molecule has 0 bridgehead atoms. The van der Waals surface area contributed by atoms with Crippen molar-refractivity contribution >= 4 is 34.3 Å². The number of hydrogen-bond donors (Lipinski definition) is 0. The molecule has 0 saturated carbocycles. The lowest BCUT2D eigenvalue weighted by atomic mass is 10.1. The molecule has 3 heterocycles. The van der Waals surface area contributed by atoms with Gasteiger partial charge >= 0.3 is 0 Å². The smallest absolute Gasteiger partial charge is 0.228 e. The van der Waals surface area contributed by atoms with E-state index in [0.29, 0.717) is 13.0 Å². The first-order valence-electron chi connectivity index (χ1n) is 9.33. The molecule has 4 rings (SSSR count). The molecule has 2 aromatic heterocycles. The van der Waals surface area contributed by atoms with E-state index in [-0.39, 0.29) is 5.91 Å². The number of rotatable bonds is 6. The van der Waals surface area contributed by atoms with Crippen LogP contribution >= 0.6 is 22.7 Å². The van der Waals surface area contributed by atoms with E-state index in [1.165, 1.54) is 5.69 Å². The number of morpholine rings is 1. The summed E-state index contributed by atoms with van der Waals surface area (Å²) < 4.78 is 5.46. The zero-order valence-corrected chi connectivity index (χ0v) is 17.5. The second kappa shape index (κ2) is 8.86. The zero-order valence-electron chi connectivity index (χ0n) is 15.8. The van der Waals surface area contributed by atoms with Gasteiger partial charge in [-0.15, -0.1) is 22.7 Å². The fraction of sp³-hybridized carbons (Fsp3) is 0.333. The zero-order chi connectivity index (χ0) is 19.3. The molecule has 0 aliphatic carbocycles. The summed E-state index contributed by atoms with van der Waals surface area (Å²) in [6, 6.07) is 12.4. The van der Waals surface area contributed by atoms with Gasteiger partial charge in [0.1, 0.15) is 5.01 Å². The van der Waals surface area contributed by atoms with Crippen LogP contribution in [0.1, 0.15) is 11.3 Å². The summed E-state index contributed by atoms with van der Waals surface area (Å²) in [6.07, 6.45) is 0.331. The lowest BCUT2D eigenvalue weighted by molar-refractivity contribution is -0.129. The molecule has 1 aliphatic heterocycles. The number of hydrogen-bond acceptors (Lipinski definition) is 6. The number of nitrogens with zero attached hydrogens (tertiary/aromatic N) is 3. The van der Waals surface area contributed by atoms with Gasteiger partial charge in [-0.1, -0.05) is 24.3 Å². The Morgan fingerprint density at radius 2 is 2.00 bits per heavy atom. The molecular weight excluding hydrogens is 390 g/mol. The summed E-state index contributed by atoms with van der Waals surface area (Å²) in [6.45, 7) is 3.87. The second-order valence-electron chi connectivity index (χ2n) is 6.78. The number of para-hydroxylation sites is 1. The number of carbonyl (C=O) groups excluding carboxylic acids is 1. The molecule has 5 nitrogen and oxygen atoms in total. The van der Waals surface area contributed by atoms with E-state index >= 15 is 0 Å². The molecule has 146 valence electrons. The normalized spacial score (nSPS) is 14.2. The van der Waals surface area contributed by atoms with Gasteiger partial charge in [0, 0.05) is 37.7 Å². The van der Waals surface area contributed by atoms with Crippen LogP contribution < -0.4 is 4.90 Å². The molecule has 1 aromatic carbocycles. The summed E-state index contributed by atoms with van der Waals surface area (Å²) in [5.74, 6) is 0.0832. The van der Waals surface area contributed by atoms with Gasteiger partial charge in [-0.05, 0) is 23.1 Å². The van der Waals surface area contributed by atoms with E-state index in [2.05, 4.69) is 34.1 Å². The van der Waals surface area contributed by atoms with Gasteiger partial charge in [0.05, 0.1) is 30.2 Å². The first-order valence-corrected chi connectivity index (χ1v) is 11.1. The third kappa shape index (κ3) is 4.43. The van der Waals surface area contributed by atoms with Gasteiger partial charge in [0.25, 0.3) is 0 Å². The average molecular weight is 414 g/mol. The quantitative estimate of drug-likeness (QED) is 0.615. The molecule has 1 fully saturated rings. The van der Waals surface area contributed by atoms with E-state index in [4.69, 9.17) is 4.74 Å². The highest BCUT2D eigenvalue weighted by Crippen LogP contribution is 2.28. The van der Waals surface area contributed by atoms with Crippen LogP contribution in [0, 0.1) is 0 Å². The Morgan fingerprint density at radius 3 is 2.79 bits per heavy atom. The SMILES string of the molecule is CN(Cc1ccccc1N1CCOCC1)C(=O)Cc1csc(-c2cccs2)n1. The minimum absolute atomic E-state index is 0.0832. The monoisotopic (exact) mass is 413 g/mol. The van der Waals surface area contributed by atoms with E-state index < -0.39 is 0 Å². The van der Waals surface area contributed by atoms with Gasteiger partial charge in [-0.25, -0.2) is 4.98 Å². The van der Waals surface area contributed by atoms with Crippen molar-refractivity contribution in [2.45, 2.75) is 13.0 Å². The standard InChI is InChI=1S/C21H23N3O2S2/c1-23(14-16-5-2-3-6-18(16)24-8-10-26-11-9-24)20(25)13-17-15-28-21(22-17)19-7-4-12-27-19/h2-7,12,15H,8-11,13-14H2,1H3. The number of likely N-dealkylation sites (N-methyl/N-ethyl adjacent to an activating group) is 1. The van der Waals surface area contributed by atoms with Crippen molar-refractivity contribution in [1.82, 2.24) is 9.88 Å². The Labute approximate surface area is 173 Å². The number of thiazole rings is 1. The number of thiophene rings is 1. The molecule has 1 amide bonds. The molecule has 1 saturated heterocycles. The second-order valence-corrected chi connectivity index (χ2v) is 8.58. The average Bonchev–Trinajstić information content (AvgIpc) is 3.41. The summed E-state index contributed by atoms with van der Waals surface area (Å²) in [7, 11) is 1.87. The maximum Gasteiger partial charge on any atom is 0.228 e. The highest BCUT2D eigenvalue weighted by molar-refractivity contribution is 7.20. The third-order valence-electron chi connectivity index (χ3n) is 4.79. The Morgan fingerprint density at radius 1 is 1.18 bits per heavy atom. The number of benzene rings is 1. The molecule has 0 atom stereocenters. The number of carbonyl (C=O) groups is 1. The maximum atomic E-state index is 12.8. The minimum Gasteiger partial charge on any atom is -0.378 e. The van der Waals surface area contributed by atoms with E-state index in [9.17, 15) is 4.79 Å². The van der Waals surface area contributed by atoms with Crippen LogP contribution in [0.5, 0.6) is 0 Å². The molecule has 0 N–H and O–H groups in total. The number of ether oxygens (including phenoxy) is 1. The van der Waals surface area contributed by atoms with Crippen LogP contribution in [-0.2, 0) is 22.5 Å². The van der Waals surface area contributed by atoms with Gasteiger partial charge in [-0.3, -0.25) is 4.79 Å². The molecule has 7 heteroatoms. The molecule has 28 heavy (non-hydrogen) atoms. The molecule has 0 spiro atoms. The van der Waals surface area contributed by atoms with Gasteiger partial charge < -0.3 is 14.5 Å². The number of anilines is 1. The summed E-state index contributed by atoms with van der Waals surface area (Å²) in [5, 5.41) is 5.02. The van der Waals surface area contributed by atoms with Crippen LogP contribution in [-0.4, -0.2) is 49.1 Å². The van der Waals surface area contributed by atoms with Crippen molar-refractivity contribution in [3.8, 4) is 9.88 Å². The van der Waals surface area contributed by atoms with E-state index in [0.717, 1.165) is 47.4 Å². The topological polar surface area (TPSA) is 45.7 Å². The predicted molar refractivity (Wildman–Crippen MR) is 115 cm³/mol. The lowest BCUT2D eigenvalue weighted by Crippen LogP contribution is -2.37. The predicted octanol–water partition coefficient (Wildman–Crippen LogP) is 3.91. The van der Waals surface area contributed by atoms with Gasteiger partial charge in [0.15, 0.2) is 0 Å². The fourth-order valence-electron chi connectivity index (χ4n) is 3.29. The Balaban J connectivity index is 1.41. The number of aromatic nitrogens is 1. The van der Waals surface area contributed by atoms with Crippen LogP contribution in [0.15, 0.2) is 47.2 Å². The molecule has 0 unspecified atom stereocenters. The van der Waals surface area contributed by atoms with Crippen molar-refractivity contribution in [2.75, 3.05) is 38.3 Å². The maximum absolute atomic E-state index is 12.8. The van der Waals surface area contributed by atoms with Crippen LogP contribution in [0.4, 0.5) is 5.69 Å². The van der Waals surface area contributed by atoms with Gasteiger partial charge in [0.2, 0.25) is 5.91 Å². The van der Waals surface area contributed by atoms with Gasteiger partial charge in [-0.2, -0.15) is 0 Å². The van der Waals surface area contributed by atoms with Crippen LogP contribution in [0.25, 0.3) is 9.88 Å². The van der Waals surface area contributed by atoms with Crippen molar-refractivity contribution in [3.63, 3.8) is 0 Å². The number of amides is 1. The van der Waals surface area contributed by atoms with Crippen molar-refractivity contribution in [2.24, 2.45) is 0 Å². The molecule has 3 aromatic rings.